The number of hydrogen-bond donors (Lipinski definition) is 0. The Balaban J connectivity index is 2.42. The lowest BCUT2D eigenvalue weighted by Crippen LogP contribution is -2.33. The second-order valence-electron chi connectivity index (χ2n) is 2.31. The molecule has 0 bridgehead atoms. The molecule has 0 aromatic rings. The molecule has 0 radical (unpaired) electrons. The van der Waals surface area contributed by atoms with Crippen molar-refractivity contribution in [1.29, 1.82) is 0 Å². The van der Waals surface area contributed by atoms with Crippen LogP contribution in [0.3, 0.4) is 0 Å². The summed E-state index contributed by atoms with van der Waals surface area (Å²) in [5, 5.41) is 0. The zero-order chi connectivity index (χ0) is 7.56. The van der Waals surface area contributed by atoms with Crippen molar-refractivity contribution >= 4 is 28.7 Å². The highest BCUT2D eigenvalue weighted by Gasteiger charge is 2.25. The zero-order valence-corrected chi connectivity index (χ0v) is 7.83. The van der Waals surface area contributed by atoms with E-state index in [1.54, 1.807) is 0 Å². The highest BCUT2D eigenvalue weighted by Crippen LogP contribution is 2.15. The first kappa shape index (κ1) is 8.10. The first-order chi connectivity index (χ1) is 4.72. The van der Waals surface area contributed by atoms with Gasteiger partial charge in [0.15, 0.2) is 0 Å². The van der Waals surface area contributed by atoms with Crippen LogP contribution in [0.4, 0.5) is 4.79 Å². The Bertz CT molecular complexity index is 137. The molecule has 1 saturated heterocycles. The molecule has 1 rings (SSSR count). The molecule has 1 fully saturated rings. The van der Waals surface area contributed by atoms with E-state index in [0.717, 1.165) is 10.8 Å². The number of carbonyl (C=O) groups is 1. The maximum Gasteiger partial charge on any atom is 0.508 e. The lowest BCUT2D eigenvalue weighted by atomic mass is 10.2. The Labute approximate surface area is 73.2 Å². The van der Waals surface area contributed by atoms with Gasteiger partial charge in [-0.3, -0.25) is 0 Å². The molecule has 1 heterocycles. The Kier molecular flexibility index (Phi) is 2.76. The molecular formula is C6H9IO3. The van der Waals surface area contributed by atoms with Crippen molar-refractivity contribution < 1.29 is 14.3 Å². The van der Waals surface area contributed by atoms with Gasteiger partial charge in [0.05, 0.1) is 0 Å². The maximum atomic E-state index is 10.6. The lowest BCUT2D eigenvalue weighted by molar-refractivity contribution is -0.0449. The van der Waals surface area contributed by atoms with Gasteiger partial charge in [0.1, 0.15) is 12.2 Å². The van der Waals surface area contributed by atoms with Crippen molar-refractivity contribution in [2.24, 2.45) is 0 Å². The Hall–Kier alpha value is 0. The molecule has 0 N–H and O–H groups in total. The average molecular weight is 256 g/mol. The fourth-order valence-corrected chi connectivity index (χ4v) is 1.43. The van der Waals surface area contributed by atoms with Gasteiger partial charge in [-0.15, -0.1) is 0 Å². The molecule has 0 unspecified atom stereocenters. The van der Waals surface area contributed by atoms with E-state index in [4.69, 9.17) is 9.47 Å². The minimum absolute atomic E-state index is 0.0148. The van der Waals surface area contributed by atoms with E-state index < -0.39 is 6.16 Å². The quantitative estimate of drug-likeness (QED) is 0.407. The number of alkyl halides is 1. The normalized spacial score (nSPS) is 32.8. The number of halogens is 1. The van der Waals surface area contributed by atoms with Crippen LogP contribution in [0.25, 0.3) is 0 Å². The molecule has 58 valence electrons. The van der Waals surface area contributed by atoms with Gasteiger partial charge in [-0.1, -0.05) is 22.6 Å². The number of rotatable bonds is 1. The predicted molar refractivity (Wildman–Crippen MR) is 44.3 cm³/mol. The van der Waals surface area contributed by atoms with Gasteiger partial charge in [0, 0.05) is 10.8 Å². The van der Waals surface area contributed by atoms with E-state index in [0.29, 0.717) is 0 Å². The van der Waals surface area contributed by atoms with E-state index in [1.807, 2.05) is 6.92 Å². The summed E-state index contributed by atoms with van der Waals surface area (Å²) < 4.78 is 10.4. The molecule has 0 amide bonds. The summed E-state index contributed by atoms with van der Waals surface area (Å²) in [5.41, 5.74) is 0. The van der Waals surface area contributed by atoms with E-state index in [-0.39, 0.29) is 12.2 Å². The molecule has 0 spiro atoms. The van der Waals surface area contributed by atoms with Crippen LogP contribution in [0, 0.1) is 0 Å². The molecule has 0 aromatic heterocycles. The first-order valence-electron chi connectivity index (χ1n) is 3.15. The molecule has 1 aliphatic rings. The van der Waals surface area contributed by atoms with Crippen molar-refractivity contribution in [3.05, 3.63) is 0 Å². The summed E-state index contributed by atoms with van der Waals surface area (Å²) in [6.07, 6.45) is 0.354. The van der Waals surface area contributed by atoms with Crippen molar-refractivity contribution in [3.8, 4) is 0 Å². The van der Waals surface area contributed by atoms with Gasteiger partial charge in [0.2, 0.25) is 0 Å². The number of carbonyl (C=O) groups excluding carboxylic acids is 1. The maximum absolute atomic E-state index is 10.6. The summed E-state index contributed by atoms with van der Waals surface area (Å²) in [6, 6.07) is 0. The summed E-state index contributed by atoms with van der Waals surface area (Å²) in [5.74, 6) is 0. The third-order valence-corrected chi connectivity index (χ3v) is 2.31. The fraction of sp³-hybridized carbons (Fsp3) is 0.833. The average Bonchev–Trinajstić information content (AvgIpc) is 1.85. The van der Waals surface area contributed by atoms with Crippen molar-refractivity contribution in [3.63, 3.8) is 0 Å². The van der Waals surface area contributed by atoms with Crippen LogP contribution in [0.2, 0.25) is 0 Å². The van der Waals surface area contributed by atoms with Gasteiger partial charge >= 0.3 is 6.16 Å². The summed E-state index contributed by atoms with van der Waals surface area (Å²) in [7, 11) is 0. The van der Waals surface area contributed by atoms with E-state index in [1.165, 1.54) is 0 Å². The van der Waals surface area contributed by atoms with Gasteiger partial charge in [-0.25, -0.2) is 4.79 Å². The molecule has 1 aliphatic heterocycles. The predicted octanol–water partition coefficient (Wildman–Crippen LogP) is 1.74. The van der Waals surface area contributed by atoms with Crippen LogP contribution in [0.1, 0.15) is 13.3 Å². The summed E-state index contributed by atoms with van der Waals surface area (Å²) in [4.78, 5) is 10.6. The molecular weight excluding hydrogens is 247 g/mol. The largest absolute Gasteiger partial charge is 0.508 e. The highest BCUT2D eigenvalue weighted by atomic mass is 127. The van der Waals surface area contributed by atoms with Crippen LogP contribution >= 0.6 is 22.6 Å². The SMILES string of the molecule is C[C@@H]1C[C@H](CI)OC(=O)O1. The van der Waals surface area contributed by atoms with Crippen LogP contribution in [0.5, 0.6) is 0 Å². The van der Waals surface area contributed by atoms with Crippen LogP contribution < -0.4 is 0 Å². The smallest absolute Gasteiger partial charge is 0.431 e. The van der Waals surface area contributed by atoms with Gasteiger partial charge in [-0.2, -0.15) is 0 Å². The molecule has 3 nitrogen and oxygen atoms in total. The van der Waals surface area contributed by atoms with Crippen molar-refractivity contribution in [1.82, 2.24) is 0 Å². The molecule has 2 atom stereocenters. The minimum Gasteiger partial charge on any atom is -0.431 e. The van der Waals surface area contributed by atoms with Crippen LogP contribution in [-0.2, 0) is 9.47 Å². The third-order valence-electron chi connectivity index (χ3n) is 1.33. The van der Waals surface area contributed by atoms with E-state index in [9.17, 15) is 4.79 Å². The third kappa shape index (κ3) is 2.00. The van der Waals surface area contributed by atoms with Crippen LogP contribution in [0.15, 0.2) is 0 Å². The molecule has 4 heteroatoms. The Morgan fingerprint density at radius 3 is 2.90 bits per heavy atom. The second-order valence-corrected chi connectivity index (χ2v) is 3.19. The van der Waals surface area contributed by atoms with Gasteiger partial charge < -0.3 is 9.47 Å². The van der Waals surface area contributed by atoms with Crippen molar-refractivity contribution in [2.45, 2.75) is 25.6 Å². The summed E-state index contributed by atoms with van der Waals surface area (Å²) in [6.45, 7) is 1.87. The second kappa shape index (κ2) is 3.41. The van der Waals surface area contributed by atoms with Gasteiger partial charge in [-0.05, 0) is 6.92 Å². The molecule has 0 aliphatic carbocycles. The van der Waals surface area contributed by atoms with Crippen LogP contribution in [-0.4, -0.2) is 22.8 Å². The highest BCUT2D eigenvalue weighted by molar-refractivity contribution is 14.1. The molecule has 0 aromatic carbocycles. The number of ether oxygens (including phenoxy) is 2. The monoisotopic (exact) mass is 256 g/mol. The topological polar surface area (TPSA) is 35.5 Å². The Morgan fingerprint density at radius 2 is 2.40 bits per heavy atom. The van der Waals surface area contributed by atoms with Gasteiger partial charge in [0.25, 0.3) is 0 Å². The lowest BCUT2D eigenvalue weighted by Gasteiger charge is -2.25. The van der Waals surface area contributed by atoms with E-state index in [2.05, 4.69) is 22.6 Å². The number of hydrogen-bond acceptors (Lipinski definition) is 3. The fourth-order valence-electron chi connectivity index (χ4n) is 0.889. The standard InChI is InChI=1S/C6H9IO3/c1-4-2-5(3-7)10-6(8)9-4/h4-5H,2-3H2,1H3/t4-,5-/m1/s1. The molecule has 10 heavy (non-hydrogen) atoms. The van der Waals surface area contributed by atoms with E-state index >= 15 is 0 Å². The molecule has 0 saturated carbocycles. The number of cyclic esters (lactones) is 2. The first-order valence-corrected chi connectivity index (χ1v) is 4.68. The van der Waals surface area contributed by atoms with Crippen molar-refractivity contribution in [2.75, 3.05) is 4.43 Å². The summed E-state index contributed by atoms with van der Waals surface area (Å²) >= 11 is 2.19. The zero-order valence-electron chi connectivity index (χ0n) is 5.67. The Morgan fingerprint density at radius 1 is 1.70 bits per heavy atom. The minimum atomic E-state index is -0.527.